The fourth-order valence-electron chi connectivity index (χ4n) is 2.32. The van der Waals surface area contributed by atoms with E-state index in [1.807, 2.05) is 13.8 Å². The highest BCUT2D eigenvalue weighted by Crippen LogP contribution is 2.38. The predicted molar refractivity (Wildman–Crippen MR) is 58.4 cm³/mol. The Morgan fingerprint density at radius 1 is 1.25 bits per heavy atom. The van der Waals surface area contributed by atoms with Crippen LogP contribution < -0.4 is 5.32 Å². The molecule has 2 nitrogen and oxygen atoms in total. The second kappa shape index (κ2) is 4.92. The lowest BCUT2D eigenvalue weighted by atomic mass is 9.86. The Hall–Kier alpha value is -0.290. The van der Waals surface area contributed by atoms with E-state index in [-0.39, 0.29) is 12.8 Å². The first-order chi connectivity index (χ1) is 7.32. The molecule has 0 aromatic rings. The summed E-state index contributed by atoms with van der Waals surface area (Å²) in [6.07, 6.45) is -3.84. The monoisotopic (exact) mass is 238 g/mol. The van der Waals surface area contributed by atoms with Crippen molar-refractivity contribution in [3.05, 3.63) is 0 Å². The van der Waals surface area contributed by atoms with Crippen molar-refractivity contribution in [2.75, 3.05) is 19.6 Å². The normalized spacial score (nSPS) is 22.7. The molecule has 0 radical (unpaired) electrons. The lowest BCUT2D eigenvalue weighted by molar-refractivity contribution is -0.209. The zero-order chi connectivity index (χ0) is 12.4. The molecule has 16 heavy (non-hydrogen) atoms. The summed E-state index contributed by atoms with van der Waals surface area (Å²) >= 11 is 0. The van der Waals surface area contributed by atoms with Gasteiger partial charge in [0.1, 0.15) is 5.54 Å². The molecule has 0 unspecified atom stereocenters. The van der Waals surface area contributed by atoms with Crippen molar-refractivity contribution in [1.82, 2.24) is 10.2 Å². The molecular formula is C11H21F3N2. The minimum absolute atomic E-state index is 0.155. The van der Waals surface area contributed by atoms with Gasteiger partial charge in [-0.3, -0.25) is 0 Å². The zero-order valence-corrected chi connectivity index (χ0v) is 10.2. The quantitative estimate of drug-likeness (QED) is 0.812. The SMILES string of the molecule is CCNC1(C(F)(F)F)CCN(C(C)C)CC1. The summed E-state index contributed by atoms with van der Waals surface area (Å²) in [7, 11) is 0. The number of hydrogen-bond donors (Lipinski definition) is 1. The summed E-state index contributed by atoms with van der Waals surface area (Å²) in [5, 5.41) is 2.65. The summed E-state index contributed by atoms with van der Waals surface area (Å²) in [5.41, 5.74) is -1.66. The molecule has 0 aromatic carbocycles. The number of piperidine rings is 1. The number of alkyl halides is 3. The lowest BCUT2D eigenvalue weighted by Gasteiger charge is -2.44. The van der Waals surface area contributed by atoms with Crippen molar-refractivity contribution >= 4 is 0 Å². The molecule has 5 heteroatoms. The van der Waals surface area contributed by atoms with Crippen molar-refractivity contribution in [3.63, 3.8) is 0 Å². The maximum atomic E-state index is 13.0. The van der Waals surface area contributed by atoms with Gasteiger partial charge in [0.15, 0.2) is 0 Å². The highest BCUT2D eigenvalue weighted by Gasteiger charge is 2.55. The van der Waals surface area contributed by atoms with Gasteiger partial charge in [-0.05, 0) is 33.2 Å². The maximum Gasteiger partial charge on any atom is 0.406 e. The number of nitrogens with zero attached hydrogens (tertiary/aromatic N) is 1. The van der Waals surface area contributed by atoms with Crippen LogP contribution in [-0.2, 0) is 0 Å². The molecule has 0 aliphatic carbocycles. The van der Waals surface area contributed by atoms with Gasteiger partial charge in [0.25, 0.3) is 0 Å². The zero-order valence-electron chi connectivity index (χ0n) is 10.2. The van der Waals surface area contributed by atoms with Crippen molar-refractivity contribution in [2.24, 2.45) is 0 Å². The van der Waals surface area contributed by atoms with Gasteiger partial charge in [0, 0.05) is 19.1 Å². The third-order valence-electron chi connectivity index (χ3n) is 3.44. The van der Waals surface area contributed by atoms with Gasteiger partial charge in [0.2, 0.25) is 0 Å². The molecule has 0 bridgehead atoms. The summed E-state index contributed by atoms with van der Waals surface area (Å²) in [4.78, 5) is 2.10. The molecule has 96 valence electrons. The minimum atomic E-state index is -4.15. The van der Waals surface area contributed by atoms with Crippen molar-refractivity contribution in [1.29, 1.82) is 0 Å². The van der Waals surface area contributed by atoms with Crippen molar-refractivity contribution in [2.45, 2.75) is 51.4 Å². The van der Waals surface area contributed by atoms with E-state index in [1.165, 1.54) is 0 Å². The predicted octanol–water partition coefficient (Wildman–Crippen LogP) is 2.40. The van der Waals surface area contributed by atoms with E-state index in [0.29, 0.717) is 25.7 Å². The van der Waals surface area contributed by atoms with Crippen LogP contribution >= 0.6 is 0 Å². The van der Waals surface area contributed by atoms with Gasteiger partial charge in [-0.25, -0.2) is 0 Å². The van der Waals surface area contributed by atoms with Gasteiger partial charge in [-0.1, -0.05) is 6.92 Å². The molecule has 0 saturated carbocycles. The first kappa shape index (κ1) is 13.8. The largest absolute Gasteiger partial charge is 0.406 e. The van der Waals surface area contributed by atoms with Crippen LogP contribution in [0.4, 0.5) is 13.2 Å². The summed E-state index contributed by atoms with van der Waals surface area (Å²) < 4.78 is 39.1. The smallest absolute Gasteiger partial charge is 0.304 e. The second-order valence-electron chi connectivity index (χ2n) is 4.74. The molecular weight excluding hydrogens is 217 g/mol. The topological polar surface area (TPSA) is 15.3 Å². The average molecular weight is 238 g/mol. The molecule has 1 aliphatic heterocycles. The Kier molecular flexibility index (Phi) is 4.23. The average Bonchev–Trinajstić information content (AvgIpc) is 2.17. The van der Waals surface area contributed by atoms with Gasteiger partial charge >= 0.3 is 6.18 Å². The van der Waals surface area contributed by atoms with Crippen LogP contribution in [0.5, 0.6) is 0 Å². The van der Waals surface area contributed by atoms with Gasteiger partial charge in [-0.2, -0.15) is 13.2 Å². The molecule has 1 N–H and O–H groups in total. The van der Waals surface area contributed by atoms with Crippen LogP contribution in [0.3, 0.4) is 0 Å². The van der Waals surface area contributed by atoms with Gasteiger partial charge in [-0.15, -0.1) is 0 Å². The Bertz CT molecular complexity index is 218. The summed E-state index contributed by atoms with van der Waals surface area (Å²) in [6, 6.07) is 0.327. The Morgan fingerprint density at radius 3 is 2.06 bits per heavy atom. The molecule has 0 amide bonds. The van der Waals surface area contributed by atoms with E-state index in [1.54, 1.807) is 6.92 Å². The number of nitrogens with one attached hydrogen (secondary N) is 1. The maximum absolute atomic E-state index is 13.0. The first-order valence-electron chi connectivity index (χ1n) is 5.88. The molecule has 0 spiro atoms. The third-order valence-corrected chi connectivity index (χ3v) is 3.44. The Labute approximate surface area is 95.2 Å². The fourth-order valence-corrected chi connectivity index (χ4v) is 2.32. The lowest BCUT2D eigenvalue weighted by Crippen LogP contribution is -2.62. The highest BCUT2D eigenvalue weighted by atomic mass is 19.4. The standard InChI is InChI=1S/C11H21F3N2/c1-4-15-10(11(12,13)14)5-7-16(8-6-10)9(2)3/h9,15H,4-8H2,1-3H3. The minimum Gasteiger partial charge on any atom is -0.304 e. The van der Waals surface area contributed by atoms with E-state index in [0.717, 1.165) is 0 Å². The van der Waals surface area contributed by atoms with E-state index >= 15 is 0 Å². The van der Waals surface area contributed by atoms with Crippen LogP contribution in [0.1, 0.15) is 33.6 Å². The molecule has 0 aromatic heterocycles. The molecule has 1 aliphatic rings. The number of hydrogen-bond acceptors (Lipinski definition) is 2. The van der Waals surface area contributed by atoms with Gasteiger partial charge in [0.05, 0.1) is 0 Å². The molecule has 1 rings (SSSR count). The van der Waals surface area contributed by atoms with Crippen LogP contribution in [0, 0.1) is 0 Å². The van der Waals surface area contributed by atoms with Gasteiger partial charge < -0.3 is 10.2 Å². The number of likely N-dealkylation sites (tertiary alicyclic amines) is 1. The highest BCUT2D eigenvalue weighted by molar-refractivity contribution is 4.99. The first-order valence-corrected chi connectivity index (χ1v) is 5.88. The van der Waals surface area contributed by atoms with Crippen LogP contribution in [0.25, 0.3) is 0 Å². The van der Waals surface area contributed by atoms with Crippen LogP contribution in [0.15, 0.2) is 0 Å². The van der Waals surface area contributed by atoms with Crippen molar-refractivity contribution < 1.29 is 13.2 Å². The summed E-state index contributed by atoms with van der Waals surface area (Å²) in [5.74, 6) is 0. The summed E-state index contributed by atoms with van der Waals surface area (Å²) in [6.45, 7) is 7.17. The second-order valence-corrected chi connectivity index (χ2v) is 4.74. The molecule has 1 fully saturated rings. The number of rotatable bonds is 3. The van der Waals surface area contributed by atoms with Crippen LogP contribution in [-0.4, -0.2) is 42.3 Å². The Morgan fingerprint density at radius 2 is 1.75 bits per heavy atom. The third kappa shape index (κ3) is 2.69. The molecule has 1 saturated heterocycles. The van der Waals surface area contributed by atoms with Crippen molar-refractivity contribution in [3.8, 4) is 0 Å². The van der Waals surface area contributed by atoms with E-state index in [4.69, 9.17) is 0 Å². The molecule has 0 atom stereocenters. The van der Waals surface area contributed by atoms with E-state index in [2.05, 4.69) is 10.2 Å². The molecule has 1 heterocycles. The van der Waals surface area contributed by atoms with E-state index < -0.39 is 11.7 Å². The van der Waals surface area contributed by atoms with E-state index in [9.17, 15) is 13.2 Å². The Balaban J connectivity index is 2.70. The number of halogens is 3. The fraction of sp³-hybridized carbons (Fsp3) is 1.00. The van der Waals surface area contributed by atoms with Crippen LogP contribution in [0.2, 0.25) is 0 Å².